The topological polar surface area (TPSA) is 61.7 Å². The molecule has 1 aromatic heterocycles. The van der Waals surface area contributed by atoms with Gasteiger partial charge in [-0.3, -0.25) is 9.58 Å². The molecule has 2 aromatic rings. The van der Waals surface area contributed by atoms with Crippen LogP contribution in [0.25, 0.3) is 11.3 Å². The Bertz CT molecular complexity index is 912. The number of piperazine rings is 1. The van der Waals surface area contributed by atoms with Crippen LogP contribution in [0.15, 0.2) is 30.3 Å². The summed E-state index contributed by atoms with van der Waals surface area (Å²) in [6.45, 7) is 6.82. The predicted molar refractivity (Wildman–Crippen MR) is 110 cm³/mol. The zero-order valence-corrected chi connectivity index (χ0v) is 17.5. The Balaban J connectivity index is 1.46. The maximum absolute atomic E-state index is 12.8. The maximum Gasteiger partial charge on any atom is 0.282 e. The van der Waals surface area contributed by atoms with Crippen molar-refractivity contribution in [2.45, 2.75) is 26.3 Å². The van der Waals surface area contributed by atoms with Crippen molar-refractivity contribution in [1.82, 2.24) is 23.3 Å². The summed E-state index contributed by atoms with van der Waals surface area (Å²) >= 11 is 0. The molecule has 0 amide bonds. The minimum atomic E-state index is -3.29. The Morgan fingerprint density at radius 1 is 0.929 bits per heavy atom. The molecule has 2 aliphatic heterocycles. The lowest BCUT2D eigenvalue weighted by atomic mass is 10.1. The Morgan fingerprint density at radius 3 is 2.18 bits per heavy atom. The van der Waals surface area contributed by atoms with Gasteiger partial charge in [-0.2, -0.15) is 22.1 Å². The minimum absolute atomic E-state index is 0.554. The van der Waals surface area contributed by atoms with E-state index >= 15 is 0 Å². The zero-order chi connectivity index (χ0) is 19.7. The number of benzene rings is 1. The van der Waals surface area contributed by atoms with Crippen LogP contribution in [0.3, 0.4) is 0 Å². The van der Waals surface area contributed by atoms with Crippen molar-refractivity contribution < 1.29 is 8.42 Å². The third kappa shape index (κ3) is 3.74. The molecule has 28 heavy (non-hydrogen) atoms. The van der Waals surface area contributed by atoms with Crippen LogP contribution >= 0.6 is 0 Å². The fraction of sp³-hybridized carbons (Fsp3) is 0.550. The normalized spacial score (nSPS) is 20.1. The summed E-state index contributed by atoms with van der Waals surface area (Å²) in [4.78, 5) is 2.34. The number of hydrogen-bond donors (Lipinski definition) is 0. The molecule has 7 nitrogen and oxygen atoms in total. The van der Waals surface area contributed by atoms with E-state index in [4.69, 9.17) is 5.10 Å². The molecule has 0 unspecified atom stereocenters. The van der Waals surface area contributed by atoms with Gasteiger partial charge < -0.3 is 0 Å². The Morgan fingerprint density at radius 2 is 1.54 bits per heavy atom. The minimum Gasteiger partial charge on any atom is -0.296 e. The zero-order valence-electron chi connectivity index (χ0n) is 16.7. The monoisotopic (exact) mass is 403 g/mol. The molecule has 2 saturated heterocycles. The summed E-state index contributed by atoms with van der Waals surface area (Å²) < 4.78 is 30.8. The van der Waals surface area contributed by atoms with Crippen LogP contribution in [0.4, 0.5) is 0 Å². The van der Waals surface area contributed by atoms with Crippen molar-refractivity contribution in [3.8, 4) is 11.3 Å². The molecule has 0 saturated carbocycles. The second-order valence-corrected chi connectivity index (χ2v) is 9.62. The van der Waals surface area contributed by atoms with Gasteiger partial charge in [0, 0.05) is 69.7 Å². The van der Waals surface area contributed by atoms with Gasteiger partial charge in [0.2, 0.25) is 0 Å². The van der Waals surface area contributed by atoms with E-state index in [9.17, 15) is 8.42 Å². The van der Waals surface area contributed by atoms with Gasteiger partial charge in [-0.1, -0.05) is 30.3 Å². The SMILES string of the molecule is Cc1c(CN2CCN(S(=O)(=O)N3CCCC3)CC2)c(-c2ccccc2)nn1C. The van der Waals surface area contributed by atoms with Gasteiger partial charge in [-0.15, -0.1) is 0 Å². The molecule has 0 radical (unpaired) electrons. The molecule has 0 aliphatic carbocycles. The second-order valence-electron chi connectivity index (χ2n) is 7.69. The highest BCUT2D eigenvalue weighted by Crippen LogP contribution is 2.27. The molecule has 1 aromatic carbocycles. The first kappa shape index (κ1) is 19.6. The molecule has 4 rings (SSSR count). The van der Waals surface area contributed by atoms with Crippen molar-refractivity contribution in [2.75, 3.05) is 39.3 Å². The maximum atomic E-state index is 12.8. The lowest BCUT2D eigenvalue weighted by Gasteiger charge is -2.35. The van der Waals surface area contributed by atoms with E-state index in [1.807, 2.05) is 29.9 Å². The van der Waals surface area contributed by atoms with E-state index in [-0.39, 0.29) is 0 Å². The van der Waals surface area contributed by atoms with Gasteiger partial charge in [0.25, 0.3) is 10.2 Å². The fourth-order valence-electron chi connectivity index (χ4n) is 4.09. The van der Waals surface area contributed by atoms with Gasteiger partial charge >= 0.3 is 0 Å². The smallest absolute Gasteiger partial charge is 0.282 e. The lowest BCUT2D eigenvalue weighted by molar-refractivity contribution is 0.176. The average Bonchev–Trinajstić information content (AvgIpc) is 3.34. The van der Waals surface area contributed by atoms with Crippen LogP contribution in [0.1, 0.15) is 24.1 Å². The van der Waals surface area contributed by atoms with E-state index in [0.29, 0.717) is 26.2 Å². The van der Waals surface area contributed by atoms with Crippen LogP contribution in [-0.4, -0.2) is 71.0 Å². The molecule has 0 spiro atoms. The van der Waals surface area contributed by atoms with Crippen LogP contribution in [0.2, 0.25) is 0 Å². The highest BCUT2D eigenvalue weighted by molar-refractivity contribution is 7.86. The quantitative estimate of drug-likeness (QED) is 0.765. The molecular formula is C20H29N5O2S. The number of aromatic nitrogens is 2. The number of rotatable bonds is 5. The summed E-state index contributed by atoms with van der Waals surface area (Å²) in [5.41, 5.74) is 4.53. The molecule has 0 atom stereocenters. The van der Waals surface area contributed by atoms with Crippen LogP contribution in [0.5, 0.6) is 0 Å². The number of hydrogen-bond acceptors (Lipinski definition) is 4. The average molecular weight is 404 g/mol. The van der Waals surface area contributed by atoms with Gasteiger partial charge in [0.05, 0.1) is 5.69 Å². The number of aryl methyl sites for hydroxylation is 1. The third-order valence-electron chi connectivity index (χ3n) is 5.94. The summed E-state index contributed by atoms with van der Waals surface area (Å²) in [7, 11) is -1.31. The molecule has 2 aliphatic rings. The largest absolute Gasteiger partial charge is 0.296 e. The van der Waals surface area contributed by atoms with E-state index in [0.717, 1.165) is 49.4 Å². The standard InChI is InChI=1S/C20H29N5O2S/c1-17-19(20(21-22(17)2)18-8-4-3-5-9-18)16-23-12-14-25(15-13-23)28(26,27)24-10-6-7-11-24/h3-5,8-9H,6-7,10-16H2,1-2H3. The second kappa shape index (κ2) is 7.94. The van der Waals surface area contributed by atoms with E-state index in [1.165, 1.54) is 5.56 Å². The molecule has 8 heteroatoms. The van der Waals surface area contributed by atoms with Gasteiger partial charge in [0.1, 0.15) is 0 Å². The molecule has 3 heterocycles. The summed E-state index contributed by atoms with van der Waals surface area (Å²) in [5.74, 6) is 0. The third-order valence-corrected chi connectivity index (χ3v) is 7.97. The van der Waals surface area contributed by atoms with Gasteiger partial charge in [-0.25, -0.2) is 0 Å². The highest BCUT2D eigenvalue weighted by Gasteiger charge is 2.34. The fourth-order valence-corrected chi connectivity index (χ4v) is 5.76. The lowest BCUT2D eigenvalue weighted by Crippen LogP contribution is -2.52. The summed E-state index contributed by atoms with van der Waals surface area (Å²) in [6.07, 6.45) is 1.95. The van der Waals surface area contributed by atoms with E-state index in [1.54, 1.807) is 8.61 Å². The first-order valence-corrected chi connectivity index (χ1v) is 11.4. The van der Waals surface area contributed by atoms with Crippen molar-refractivity contribution >= 4 is 10.2 Å². The van der Waals surface area contributed by atoms with E-state index in [2.05, 4.69) is 24.0 Å². The van der Waals surface area contributed by atoms with E-state index < -0.39 is 10.2 Å². The molecule has 152 valence electrons. The Labute approximate surface area is 167 Å². The predicted octanol–water partition coefficient (Wildman–Crippen LogP) is 1.85. The van der Waals surface area contributed by atoms with Crippen molar-refractivity contribution in [1.29, 1.82) is 0 Å². The molecule has 0 bridgehead atoms. The Hall–Kier alpha value is -1.74. The first-order valence-electron chi connectivity index (χ1n) is 10.0. The van der Waals surface area contributed by atoms with Crippen molar-refractivity contribution in [3.05, 3.63) is 41.6 Å². The Kier molecular flexibility index (Phi) is 5.55. The van der Waals surface area contributed by atoms with Crippen LogP contribution in [0, 0.1) is 6.92 Å². The van der Waals surface area contributed by atoms with Crippen LogP contribution < -0.4 is 0 Å². The molecular weight excluding hydrogens is 374 g/mol. The van der Waals surface area contributed by atoms with Crippen LogP contribution in [-0.2, 0) is 23.8 Å². The molecule has 0 N–H and O–H groups in total. The van der Waals surface area contributed by atoms with Gasteiger partial charge in [-0.05, 0) is 19.8 Å². The van der Waals surface area contributed by atoms with Crippen molar-refractivity contribution in [3.63, 3.8) is 0 Å². The first-order chi connectivity index (χ1) is 13.5. The highest BCUT2D eigenvalue weighted by atomic mass is 32.2. The summed E-state index contributed by atoms with van der Waals surface area (Å²) in [6, 6.07) is 10.3. The van der Waals surface area contributed by atoms with Crippen molar-refractivity contribution in [2.24, 2.45) is 7.05 Å². The molecule has 2 fully saturated rings. The van der Waals surface area contributed by atoms with Gasteiger partial charge in [0.15, 0.2) is 0 Å². The number of nitrogens with zero attached hydrogens (tertiary/aromatic N) is 5. The summed E-state index contributed by atoms with van der Waals surface area (Å²) in [5, 5.41) is 4.73.